The standard InChI is InChI=1S/C15H23N3O3/c1-5-16-13-7-6-12(9-14(13)18(20)21)15(19)17-11(4)8-10(2)3/h6-7,9-11,16H,5,8H2,1-4H3,(H,17,19). The summed E-state index contributed by atoms with van der Waals surface area (Å²) in [6, 6.07) is 4.52. The number of nitro benzene ring substituents is 1. The molecule has 1 rings (SSSR count). The number of hydrogen-bond donors (Lipinski definition) is 2. The number of nitro groups is 1. The van der Waals surface area contributed by atoms with Gasteiger partial charge in [0.2, 0.25) is 0 Å². The second-order valence-electron chi connectivity index (χ2n) is 5.52. The summed E-state index contributed by atoms with van der Waals surface area (Å²) in [6.07, 6.45) is 0.864. The summed E-state index contributed by atoms with van der Waals surface area (Å²) in [5.74, 6) is 0.195. The van der Waals surface area contributed by atoms with Crippen molar-refractivity contribution in [3.05, 3.63) is 33.9 Å². The Morgan fingerprint density at radius 1 is 1.33 bits per heavy atom. The predicted octanol–water partition coefficient (Wildman–Crippen LogP) is 3.19. The minimum absolute atomic E-state index is 0.0324. The highest BCUT2D eigenvalue weighted by molar-refractivity contribution is 5.95. The highest BCUT2D eigenvalue weighted by Gasteiger charge is 2.18. The van der Waals surface area contributed by atoms with Crippen LogP contribution in [0.15, 0.2) is 18.2 Å². The van der Waals surface area contributed by atoms with Crippen molar-refractivity contribution in [2.24, 2.45) is 5.92 Å². The molecule has 0 bridgehead atoms. The van der Waals surface area contributed by atoms with Gasteiger partial charge >= 0.3 is 0 Å². The number of carbonyl (C=O) groups excluding carboxylic acids is 1. The zero-order valence-electron chi connectivity index (χ0n) is 13.0. The number of anilines is 1. The van der Waals surface area contributed by atoms with Crippen LogP contribution in [0.25, 0.3) is 0 Å². The molecule has 1 atom stereocenters. The summed E-state index contributed by atoms with van der Waals surface area (Å²) in [6.45, 7) is 8.53. The largest absolute Gasteiger partial charge is 0.380 e. The molecule has 0 spiro atoms. The van der Waals surface area contributed by atoms with Crippen LogP contribution in [0.5, 0.6) is 0 Å². The van der Waals surface area contributed by atoms with Crippen LogP contribution in [0, 0.1) is 16.0 Å². The first kappa shape index (κ1) is 16.9. The van der Waals surface area contributed by atoms with Gasteiger partial charge in [0, 0.05) is 24.2 Å². The molecule has 0 heterocycles. The van der Waals surface area contributed by atoms with E-state index in [4.69, 9.17) is 0 Å². The smallest absolute Gasteiger partial charge is 0.293 e. The fraction of sp³-hybridized carbons (Fsp3) is 0.533. The Morgan fingerprint density at radius 2 is 2.00 bits per heavy atom. The summed E-state index contributed by atoms with van der Waals surface area (Å²) in [5, 5.41) is 16.9. The van der Waals surface area contributed by atoms with E-state index in [0.717, 1.165) is 6.42 Å². The summed E-state index contributed by atoms with van der Waals surface area (Å²) >= 11 is 0. The topological polar surface area (TPSA) is 84.3 Å². The predicted molar refractivity (Wildman–Crippen MR) is 83.6 cm³/mol. The number of carbonyl (C=O) groups is 1. The van der Waals surface area contributed by atoms with E-state index in [1.807, 2.05) is 13.8 Å². The van der Waals surface area contributed by atoms with Crippen molar-refractivity contribution in [1.29, 1.82) is 0 Å². The third-order valence-corrected chi connectivity index (χ3v) is 3.03. The zero-order chi connectivity index (χ0) is 16.0. The van der Waals surface area contributed by atoms with Gasteiger partial charge in [-0.05, 0) is 38.3 Å². The molecular formula is C15H23N3O3. The van der Waals surface area contributed by atoms with Gasteiger partial charge in [-0.25, -0.2) is 0 Å². The van der Waals surface area contributed by atoms with Gasteiger partial charge in [0.1, 0.15) is 5.69 Å². The highest BCUT2D eigenvalue weighted by atomic mass is 16.6. The van der Waals surface area contributed by atoms with Crippen LogP contribution < -0.4 is 10.6 Å². The number of rotatable bonds is 7. The Kier molecular flexibility index (Phi) is 6.14. The van der Waals surface area contributed by atoms with E-state index >= 15 is 0 Å². The molecule has 0 fully saturated rings. The molecule has 21 heavy (non-hydrogen) atoms. The van der Waals surface area contributed by atoms with Crippen LogP contribution in [0.4, 0.5) is 11.4 Å². The average molecular weight is 293 g/mol. The molecule has 0 aliphatic heterocycles. The lowest BCUT2D eigenvalue weighted by Crippen LogP contribution is -2.33. The summed E-state index contributed by atoms with van der Waals surface area (Å²) < 4.78 is 0. The van der Waals surface area contributed by atoms with Crippen LogP contribution in [0.1, 0.15) is 44.5 Å². The van der Waals surface area contributed by atoms with E-state index in [-0.39, 0.29) is 17.6 Å². The minimum atomic E-state index is -0.480. The SMILES string of the molecule is CCNc1ccc(C(=O)NC(C)CC(C)C)cc1[N+](=O)[O-]. The Bertz CT molecular complexity index is 515. The van der Waals surface area contributed by atoms with Gasteiger partial charge in [0.15, 0.2) is 0 Å². The quantitative estimate of drug-likeness (QED) is 0.597. The maximum absolute atomic E-state index is 12.1. The third kappa shape index (κ3) is 5.06. The molecule has 116 valence electrons. The maximum Gasteiger partial charge on any atom is 0.293 e. The monoisotopic (exact) mass is 293 g/mol. The Morgan fingerprint density at radius 3 is 2.52 bits per heavy atom. The molecule has 1 unspecified atom stereocenters. The van der Waals surface area contributed by atoms with Gasteiger partial charge in [-0.3, -0.25) is 14.9 Å². The minimum Gasteiger partial charge on any atom is -0.380 e. The molecule has 0 saturated heterocycles. The molecule has 0 aliphatic carbocycles. The van der Waals surface area contributed by atoms with Crippen molar-refractivity contribution in [1.82, 2.24) is 5.32 Å². The van der Waals surface area contributed by atoms with Gasteiger partial charge in [0.25, 0.3) is 11.6 Å². The van der Waals surface area contributed by atoms with Gasteiger partial charge in [0.05, 0.1) is 4.92 Å². The van der Waals surface area contributed by atoms with E-state index < -0.39 is 4.92 Å². The van der Waals surface area contributed by atoms with Gasteiger partial charge in [-0.2, -0.15) is 0 Å². The number of nitrogens with zero attached hydrogens (tertiary/aromatic N) is 1. The molecule has 0 aliphatic rings. The first-order chi connectivity index (χ1) is 9.85. The molecule has 1 aromatic carbocycles. The zero-order valence-corrected chi connectivity index (χ0v) is 13.0. The van der Waals surface area contributed by atoms with Crippen LogP contribution >= 0.6 is 0 Å². The number of nitrogens with one attached hydrogen (secondary N) is 2. The molecule has 6 heteroatoms. The van der Waals surface area contributed by atoms with E-state index in [2.05, 4.69) is 24.5 Å². The molecule has 6 nitrogen and oxygen atoms in total. The fourth-order valence-electron chi connectivity index (χ4n) is 2.24. The molecule has 2 N–H and O–H groups in total. The molecular weight excluding hydrogens is 270 g/mol. The lowest BCUT2D eigenvalue weighted by Gasteiger charge is -2.16. The van der Waals surface area contributed by atoms with Crippen molar-refractivity contribution >= 4 is 17.3 Å². The lowest BCUT2D eigenvalue weighted by molar-refractivity contribution is -0.384. The Balaban J connectivity index is 2.90. The lowest BCUT2D eigenvalue weighted by atomic mass is 10.0. The molecule has 1 amide bonds. The second-order valence-corrected chi connectivity index (χ2v) is 5.52. The maximum atomic E-state index is 12.1. The van der Waals surface area contributed by atoms with E-state index in [0.29, 0.717) is 23.7 Å². The van der Waals surface area contributed by atoms with Crippen LogP contribution in [-0.2, 0) is 0 Å². The van der Waals surface area contributed by atoms with Crippen molar-refractivity contribution in [2.45, 2.75) is 40.2 Å². The summed E-state index contributed by atoms with van der Waals surface area (Å²) in [5.41, 5.74) is 0.647. The normalized spacial score (nSPS) is 12.0. The van der Waals surface area contributed by atoms with Crippen molar-refractivity contribution < 1.29 is 9.72 Å². The Labute approximate surface area is 125 Å². The third-order valence-electron chi connectivity index (χ3n) is 3.03. The summed E-state index contributed by atoms with van der Waals surface area (Å²) in [4.78, 5) is 22.7. The van der Waals surface area contributed by atoms with Crippen molar-refractivity contribution in [3.8, 4) is 0 Å². The Hall–Kier alpha value is -2.11. The molecule has 0 radical (unpaired) electrons. The van der Waals surface area contributed by atoms with E-state index in [1.54, 1.807) is 12.1 Å². The first-order valence-corrected chi connectivity index (χ1v) is 7.18. The highest BCUT2D eigenvalue weighted by Crippen LogP contribution is 2.25. The second kappa shape index (κ2) is 7.61. The van der Waals surface area contributed by atoms with Crippen LogP contribution in [-0.4, -0.2) is 23.4 Å². The summed E-state index contributed by atoms with van der Waals surface area (Å²) in [7, 11) is 0. The van der Waals surface area contributed by atoms with E-state index in [9.17, 15) is 14.9 Å². The number of benzene rings is 1. The first-order valence-electron chi connectivity index (χ1n) is 7.18. The molecule has 0 saturated carbocycles. The number of amides is 1. The van der Waals surface area contributed by atoms with Crippen molar-refractivity contribution in [2.75, 3.05) is 11.9 Å². The van der Waals surface area contributed by atoms with Crippen molar-refractivity contribution in [3.63, 3.8) is 0 Å². The van der Waals surface area contributed by atoms with Crippen LogP contribution in [0.3, 0.4) is 0 Å². The number of hydrogen-bond acceptors (Lipinski definition) is 4. The average Bonchev–Trinajstić information content (AvgIpc) is 2.37. The molecule has 0 aromatic heterocycles. The van der Waals surface area contributed by atoms with Crippen LogP contribution in [0.2, 0.25) is 0 Å². The van der Waals surface area contributed by atoms with Gasteiger partial charge in [-0.15, -0.1) is 0 Å². The fourth-order valence-corrected chi connectivity index (χ4v) is 2.24. The van der Waals surface area contributed by atoms with Gasteiger partial charge in [-0.1, -0.05) is 13.8 Å². The van der Waals surface area contributed by atoms with Gasteiger partial charge < -0.3 is 10.6 Å². The molecule has 1 aromatic rings. The van der Waals surface area contributed by atoms with E-state index in [1.165, 1.54) is 6.07 Å².